The quantitative estimate of drug-likeness (QED) is 0.784. The van der Waals surface area contributed by atoms with Crippen molar-refractivity contribution in [1.29, 1.82) is 0 Å². The van der Waals surface area contributed by atoms with E-state index in [-0.39, 0.29) is 29.7 Å². The molecular weight excluding hydrogens is 312 g/mol. The molecule has 0 saturated heterocycles. The lowest BCUT2D eigenvalue weighted by Crippen LogP contribution is -2.39. The van der Waals surface area contributed by atoms with E-state index in [0.717, 1.165) is 11.3 Å². The molecule has 0 saturated carbocycles. The molecule has 3 N–H and O–H groups in total. The number of aromatic hydroxyl groups is 1. The molecule has 2 aromatic rings. The van der Waals surface area contributed by atoms with Crippen LogP contribution in [0, 0.1) is 0 Å². The number of aliphatic hydroxyl groups is 1. The zero-order valence-electron chi connectivity index (χ0n) is 13.5. The third kappa shape index (κ3) is 4.53. The van der Waals surface area contributed by atoms with Gasteiger partial charge in [-0.05, 0) is 24.1 Å². The van der Waals surface area contributed by atoms with Gasteiger partial charge in [-0.25, -0.2) is 4.98 Å². The monoisotopic (exact) mass is 334 g/mol. The minimum absolute atomic E-state index is 0.156. The molecule has 6 heteroatoms. The van der Waals surface area contributed by atoms with Crippen LogP contribution in [0.1, 0.15) is 41.7 Å². The summed E-state index contributed by atoms with van der Waals surface area (Å²) in [5, 5.41) is 21.7. The van der Waals surface area contributed by atoms with Gasteiger partial charge < -0.3 is 15.5 Å². The molecule has 0 aliphatic rings. The Morgan fingerprint density at radius 3 is 2.52 bits per heavy atom. The van der Waals surface area contributed by atoms with Crippen molar-refractivity contribution in [2.24, 2.45) is 0 Å². The molecule has 1 aromatic heterocycles. The maximum Gasteiger partial charge on any atom is 0.263 e. The second kappa shape index (κ2) is 7.10. The number of nitrogens with zero attached hydrogens (tertiary/aromatic N) is 1. The summed E-state index contributed by atoms with van der Waals surface area (Å²) in [6.45, 7) is 5.88. The van der Waals surface area contributed by atoms with Gasteiger partial charge in [0.1, 0.15) is 10.6 Å². The number of carbonyl (C=O) groups excluding carboxylic acids is 1. The summed E-state index contributed by atoms with van der Waals surface area (Å²) in [5.74, 6) is -0.0203. The fourth-order valence-corrected chi connectivity index (χ4v) is 3.17. The van der Waals surface area contributed by atoms with E-state index in [2.05, 4.69) is 10.3 Å². The van der Waals surface area contributed by atoms with E-state index < -0.39 is 0 Å². The smallest absolute Gasteiger partial charge is 0.263 e. The van der Waals surface area contributed by atoms with Gasteiger partial charge in [-0.15, -0.1) is 11.3 Å². The minimum Gasteiger partial charge on any atom is -0.508 e. The molecule has 1 aromatic carbocycles. The molecule has 2 rings (SSSR count). The van der Waals surface area contributed by atoms with Crippen molar-refractivity contribution in [3.05, 3.63) is 45.9 Å². The summed E-state index contributed by atoms with van der Waals surface area (Å²) in [4.78, 5) is 17.4. The molecule has 1 atom stereocenters. The fraction of sp³-hybridized carbons (Fsp3) is 0.412. The van der Waals surface area contributed by atoms with E-state index in [1.54, 1.807) is 29.8 Å². The van der Waals surface area contributed by atoms with Crippen molar-refractivity contribution in [3.8, 4) is 5.75 Å². The van der Waals surface area contributed by atoms with Crippen molar-refractivity contribution >= 4 is 17.2 Å². The van der Waals surface area contributed by atoms with Crippen LogP contribution in [0.2, 0.25) is 0 Å². The summed E-state index contributed by atoms with van der Waals surface area (Å²) in [6.07, 6.45) is 0.492. The average Bonchev–Trinajstić information content (AvgIpc) is 2.98. The number of aromatic nitrogens is 1. The predicted octanol–water partition coefficient (Wildman–Crippen LogP) is 2.48. The Morgan fingerprint density at radius 1 is 1.30 bits per heavy atom. The second-order valence-electron chi connectivity index (χ2n) is 6.50. The van der Waals surface area contributed by atoms with Gasteiger partial charge in [0.15, 0.2) is 0 Å². The molecule has 124 valence electrons. The van der Waals surface area contributed by atoms with Crippen LogP contribution in [0.3, 0.4) is 0 Å². The molecule has 0 radical (unpaired) electrons. The number of nitrogens with one attached hydrogen (secondary N) is 1. The zero-order valence-corrected chi connectivity index (χ0v) is 14.4. The maximum absolute atomic E-state index is 12.5. The Bertz CT molecular complexity index is 659. The predicted molar refractivity (Wildman–Crippen MR) is 91.0 cm³/mol. The van der Waals surface area contributed by atoms with Gasteiger partial charge in [-0.3, -0.25) is 4.79 Å². The average molecular weight is 334 g/mol. The lowest BCUT2D eigenvalue weighted by atomic mass is 9.91. The number of rotatable bonds is 5. The molecule has 1 amide bonds. The highest BCUT2D eigenvalue weighted by molar-refractivity contribution is 7.11. The number of hydrogen-bond acceptors (Lipinski definition) is 5. The van der Waals surface area contributed by atoms with Crippen molar-refractivity contribution < 1.29 is 15.0 Å². The third-order valence-corrected chi connectivity index (χ3v) is 4.28. The lowest BCUT2D eigenvalue weighted by molar-refractivity contribution is 0.0918. The molecule has 0 fully saturated rings. The first kappa shape index (κ1) is 17.4. The van der Waals surface area contributed by atoms with Crippen molar-refractivity contribution in [1.82, 2.24) is 10.3 Å². The molecule has 23 heavy (non-hydrogen) atoms. The number of thiazole rings is 1. The van der Waals surface area contributed by atoms with Crippen LogP contribution in [-0.2, 0) is 11.8 Å². The van der Waals surface area contributed by atoms with E-state index in [9.17, 15) is 15.0 Å². The summed E-state index contributed by atoms with van der Waals surface area (Å²) < 4.78 is 0. The molecule has 0 aliphatic heterocycles. The number of amides is 1. The van der Waals surface area contributed by atoms with Crippen LogP contribution in [-0.4, -0.2) is 33.8 Å². The molecule has 5 nitrogen and oxygen atoms in total. The molecule has 0 spiro atoms. The van der Waals surface area contributed by atoms with Crippen LogP contribution in [0.4, 0.5) is 0 Å². The number of phenolic OH excluding ortho intramolecular Hbond substituents is 1. The highest BCUT2D eigenvalue weighted by atomic mass is 32.1. The SMILES string of the molecule is CC(C)(C)c1ncsc1C(=O)N[C@H](CO)Cc1ccc(O)cc1. The van der Waals surface area contributed by atoms with Gasteiger partial charge in [0.2, 0.25) is 0 Å². The third-order valence-electron chi connectivity index (χ3n) is 3.46. The van der Waals surface area contributed by atoms with Gasteiger partial charge in [0, 0.05) is 5.41 Å². The van der Waals surface area contributed by atoms with Gasteiger partial charge in [-0.1, -0.05) is 32.9 Å². The van der Waals surface area contributed by atoms with Crippen LogP contribution in [0.25, 0.3) is 0 Å². The highest BCUT2D eigenvalue weighted by Gasteiger charge is 2.26. The normalized spacial score (nSPS) is 12.9. The Morgan fingerprint density at radius 2 is 1.96 bits per heavy atom. The molecule has 0 aliphatic carbocycles. The topological polar surface area (TPSA) is 82.5 Å². The Labute approximate surface area is 140 Å². The van der Waals surface area contributed by atoms with Gasteiger partial charge in [0.05, 0.1) is 23.9 Å². The Balaban J connectivity index is 2.08. The maximum atomic E-state index is 12.5. The number of phenols is 1. The largest absolute Gasteiger partial charge is 0.508 e. The highest BCUT2D eigenvalue weighted by Crippen LogP contribution is 2.27. The van der Waals surface area contributed by atoms with E-state index in [1.807, 2.05) is 20.8 Å². The minimum atomic E-state index is -0.387. The number of carbonyl (C=O) groups is 1. The first-order valence-electron chi connectivity index (χ1n) is 7.45. The van der Waals surface area contributed by atoms with Gasteiger partial charge in [0.25, 0.3) is 5.91 Å². The van der Waals surface area contributed by atoms with Gasteiger partial charge >= 0.3 is 0 Å². The second-order valence-corrected chi connectivity index (χ2v) is 7.36. The standard InChI is InChI=1S/C17H22N2O3S/c1-17(2,3)15-14(23-10-18-15)16(22)19-12(9-20)8-11-4-6-13(21)7-5-11/h4-7,10,12,20-21H,8-9H2,1-3H3,(H,19,22)/t12-/m0/s1. The first-order chi connectivity index (χ1) is 10.8. The van der Waals surface area contributed by atoms with Crippen molar-refractivity contribution in [2.75, 3.05) is 6.61 Å². The summed E-state index contributed by atoms with van der Waals surface area (Å²) in [5.41, 5.74) is 3.16. The molecule has 1 heterocycles. The molecule has 0 unspecified atom stereocenters. The number of benzene rings is 1. The summed E-state index contributed by atoms with van der Waals surface area (Å²) in [7, 11) is 0. The lowest BCUT2D eigenvalue weighted by Gasteiger charge is -2.20. The first-order valence-corrected chi connectivity index (χ1v) is 8.33. The number of hydrogen-bond donors (Lipinski definition) is 3. The van der Waals surface area contributed by atoms with Crippen LogP contribution >= 0.6 is 11.3 Å². The van der Waals surface area contributed by atoms with E-state index >= 15 is 0 Å². The Kier molecular flexibility index (Phi) is 5.38. The van der Waals surface area contributed by atoms with E-state index in [4.69, 9.17) is 0 Å². The van der Waals surface area contributed by atoms with E-state index in [0.29, 0.717) is 11.3 Å². The molecule has 0 bridgehead atoms. The zero-order chi connectivity index (χ0) is 17.0. The van der Waals surface area contributed by atoms with Crippen LogP contribution in [0.15, 0.2) is 29.8 Å². The van der Waals surface area contributed by atoms with E-state index in [1.165, 1.54) is 11.3 Å². The summed E-state index contributed by atoms with van der Waals surface area (Å²) >= 11 is 1.31. The van der Waals surface area contributed by atoms with Crippen LogP contribution < -0.4 is 5.32 Å². The fourth-order valence-electron chi connectivity index (χ4n) is 2.27. The summed E-state index contributed by atoms with van der Waals surface area (Å²) in [6, 6.07) is 6.34. The molecular formula is C17H22N2O3S. The Hall–Kier alpha value is -1.92. The van der Waals surface area contributed by atoms with Crippen LogP contribution in [0.5, 0.6) is 5.75 Å². The van der Waals surface area contributed by atoms with Crippen molar-refractivity contribution in [3.63, 3.8) is 0 Å². The van der Waals surface area contributed by atoms with Gasteiger partial charge in [-0.2, -0.15) is 0 Å². The van der Waals surface area contributed by atoms with Crippen molar-refractivity contribution in [2.45, 2.75) is 38.6 Å². The number of aliphatic hydroxyl groups excluding tert-OH is 1.